The highest BCUT2D eigenvalue weighted by molar-refractivity contribution is 5.11. The van der Waals surface area contributed by atoms with Crippen LogP contribution >= 0.6 is 0 Å². The maximum Gasteiger partial charge on any atom is 0.141 e. The molecule has 2 rings (SSSR count). The molecule has 1 aromatic rings. The molecule has 0 bridgehead atoms. The molecule has 0 spiro atoms. The predicted molar refractivity (Wildman–Crippen MR) is 80.0 cm³/mol. The number of aromatic nitrogens is 1. The summed E-state index contributed by atoms with van der Waals surface area (Å²) in [6, 6.07) is 3.42. The average molecular weight is 279 g/mol. The Morgan fingerprint density at radius 2 is 2.20 bits per heavy atom. The zero-order chi connectivity index (χ0) is 14.8. The van der Waals surface area contributed by atoms with Crippen LogP contribution in [0.15, 0.2) is 18.3 Å². The van der Waals surface area contributed by atoms with E-state index in [0.29, 0.717) is 11.5 Å². The number of pyridine rings is 1. The molecule has 4 heteroatoms. The van der Waals surface area contributed by atoms with Crippen molar-refractivity contribution in [1.29, 1.82) is 0 Å². The highest BCUT2D eigenvalue weighted by Gasteiger charge is 2.34. The molecule has 0 aromatic carbocycles. The lowest BCUT2D eigenvalue weighted by Crippen LogP contribution is -2.43. The van der Waals surface area contributed by atoms with Gasteiger partial charge in [-0.2, -0.15) is 0 Å². The van der Waals surface area contributed by atoms with Gasteiger partial charge in [-0.3, -0.25) is 9.88 Å². The summed E-state index contributed by atoms with van der Waals surface area (Å²) in [5, 5.41) is 3.33. The zero-order valence-corrected chi connectivity index (χ0v) is 13.0. The molecule has 1 aliphatic heterocycles. The topological polar surface area (TPSA) is 28.2 Å². The SMILES string of the molecule is CNC(c1ccc(F)cn1)C(C)CN1CCCC1(C)C. The summed E-state index contributed by atoms with van der Waals surface area (Å²) in [5.41, 5.74) is 1.21. The summed E-state index contributed by atoms with van der Waals surface area (Å²) >= 11 is 0. The van der Waals surface area contributed by atoms with Gasteiger partial charge in [-0.1, -0.05) is 6.92 Å². The Morgan fingerprint density at radius 3 is 2.70 bits per heavy atom. The Morgan fingerprint density at radius 1 is 1.45 bits per heavy atom. The van der Waals surface area contributed by atoms with Crippen LogP contribution in [-0.2, 0) is 0 Å². The minimum Gasteiger partial charge on any atom is -0.311 e. The molecule has 1 fully saturated rings. The Hall–Kier alpha value is -1.00. The molecule has 1 N–H and O–H groups in total. The Balaban J connectivity index is 2.05. The number of rotatable bonds is 5. The molecule has 0 radical (unpaired) electrons. The smallest absolute Gasteiger partial charge is 0.141 e. The fraction of sp³-hybridized carbons (Fsp3) is 0.688. The highest BCUT2D eigenvalue weighted by atomic mass is 19.1. The van der Waals surface area contributed by atoms with Crippen LogP contribution in [0.5, 0.6) is 0 Å². The van der Waals surface area contributed by atoms with E-state index in [0.717, 1.165) is 12.2 Å². The molecular formula is C16H26FN3. The Labute approximate surface area is 121 Å². The molecule has 0 aliphatic carbocycles. The quantitative estimate of drug-likeness (QED) is 0.898. The van der Waals surface area contributed by atoms with Gasteiger partial charge in [-0.15, -0.1) is 0 Å². The van der Waals surface area contributed by atoms with Gasteiger partial charge in [0.1, 0.15) is 5.82 Å². The molecule has 0 saturated carbocycles. The fourth-order valence-electron chi connectivity index (χ4n) is 3.25. The molecule has 1 aromatic heterocycles. The summed E-state index contributed by atoms with van der Waals surface area (Å²) in [4.78, 5) is 6.79. The van der Waals surface area contributed by atoms with Crippen molar-refractivity contribution in [2.24, 2.45) is 5.92 Å². The lowest BCUT2D eigenvalue weighted by atomic mass is 9.95. The maximum absolute atomic E-state index is 13.0. The number of nitrogens with one attached hydrogen (secondary N) is 1. The summed E-state index contributed by atoms with van der Waals surface area (Å²) < 4.78 is 13.0. The van der Waals surface area contributed by atoms with Crippen LogP contribution in [0, 0.1) is 11.7 Å². The molecule has 2 heterocycles. The zero-order valence-electron chi connectivity index (χ0n) is 13.0. The van der Waals surface area contributed by atoms with Crippen molar-refractivity contribution >= 4 is 0 Å². The van der Waals surface area contributed by atoms with E-state index in [1.165, 1.54) is 31.6 Å². The van der Waals surface area contributed by atoms with Crippen molar-refractivity contribution in [3.63, 3.8) is 0 Å². The molecule has 112 valence electrons. The van der Waals surface area contributed by atoms with Crippen LogP contribution in [0.1, 0.15) is 45.3 Å². The van der Waals surface area contributed by atoms with Crippen molar-refractivity contribution in [3.05, 3.63) is 29.8 Å². The molecule has 2 unspecified atom stereocenters. The number of hydrogen-bond acceptors (Lipinski definition) is 3. The number of likely N-dealkylation sites (tertiary alicyclic amines) is 1. The third-order valence-corrected chi connectivity index (χ3v) is 4.53. The van der Waals surface area contributed by atoms with E-state index in [4.69, 9.17) is 0 Å². The second-order valence-corrected chi connectivity index (χ2v) is 6.51. The third kappa shape index (κ3) is 3.36. The summed E-state index contributed by atoms with van der Waals surface area (Å²) in [5.74, 6) is 0.146. The van der Waals surface area contributed by atoms with Crippen molar-refractivity contribution in [2.75, 3.05) is 20.1 Å². The van der Waals surface area contributed by atoms with Gasteiger partial charge in [0, 0.05) is 12.1 Å². The normalized spacial score (nSPS) is 21.9. The first-order valence-corrected chi connectivity index (χ1v) is 7.48. The number of halogens is 1. The lowest BCUT2D eigenvalue weighted by Gasteiger charge is -2.35. The van der Waals surface area contributed by atoms with Gasteiger partial charge in [0.15, 0.2) is 0 Å². The molecule has 1 aliphatic rings. The van der Waals surface area contributed by atoms with Crippen LogP contribution < -0.4 is 5.32 Å². The van der Waals surface area contributed by atoms with Crippen LogP contribution in [0.2, 0.25) is 0 Å². The first-order chi connectivity index (χ1) is 9.44. The van der Waals surface area contributed by atoms with E-state index < -0.39 is 0 Å². The van der Waals surface area contributed by atoms with E-state index in [-0.39, 0.29) is 11.9 Å². The first kappa shape index (κ1) is 15.4. The molecule has 3 nitrogen and oxygen atoms in total. The van der Waals surface area contributed by atoms with Gasteiger partial charge in [0.05, 0.1) is 17.9 Å². The fourth-order valence-corrected chi connectivity index (χ4v) is 3.25. The van der Waals surface area contributed by atoms with Gasteiger partial charge >= 0.3 is 0 Å². The molecule has 1 saturated heterocycles. The van der Waals surface area contributed by atoms with Crippen molar-refractivity contribution < 1.29 is 4.39 Å². The largest absolute Gasteiger partial charge is 0.311 e. The second kappa shape index (κ2) is 6.19. The predicted octanol–water partition coefficient (Wildman–Crippen LogP) is 2.99. The van der Waals surface area contributed by atoms with Gasteiger partial charge in [0.25, 0.3) is 0 Å². The summed E-state index contributed by atoms with van der Waals surface area (Å²) in [6.07, 6.45) is 3.84. The molecule has 0 amide bonds. The van der Waals surface area contributed by atoms with Crippen molar-refractivity contribution in [2.45, 2.75) is 45.2 Å². The standard InChI is InChI=1S/C16H26FN3/c1-12(11-20-9-5-8-16(20,2)3)15(18-4)14-7-6-13(17)10-19-14/h6-7,10,12,15,18H,5,8-9,11H2,1-4H3. The van der Waals surface area contributed by atoms with Crippen LogP contribution in [0.25, 0.3) is 0 Å². The van der Waals surface area contributed by atoms with Gasteiger partial charge in [0.2, 0.25) is 0 Å². The van der Waals surface area contributed by atoms with Crippen LogP contribution in [0.4, 0.5) is 4.39 Å². The van der Waals surface area contributed by atoms with Gasteiger partial charge in [-0.25, -0.2) is 4.39 Å². The summed E-state index contributed by atoms with van der Waals surface area (Å²) in [6.45, 7) is 9.08. The van der Waals surface area contributed by atoms with E-state index in [1.54, 1.807) is 6.07 Å². The molecule has 2 atom stereocenters. The monoisotopic (exact) mass is 279 g/mol. The Bertz CT molecular complexity index is 430. The number of hydrogen-bond donors (Lipinski definition) is 1. The van der Waals surface area contributed by atoms with Crippen LogP contribution in [-0.4, -0.2) is 35.6 Å². The van der Waals surface area contributed by atoms with Crippen LogP contribution in [0.3, 0.4) is 0 Å². The highest BCUT2D eigenvalue weighted by Crippen LogP contribution is 2.31. The minimum absolute atomic E-state index is 0.159. The maximum atomic E-state index is 13.0. The first-order valence-electron chi connectivity index (χ1n) is 7.48. The molecule has 20 heavy (non-hydrogen) atoms. The van der Waals surface area contributed by atoms with Crippen molar-refractivity contribution in [3.8, 4) is 0 Å². The van der Waals surface area contributed by atoms with Crippen molar-refractivity contribution in [1.82, 2.24) is 15.2 Å². The van der Waals surface area contributed by atoms with Gasteiger partial charge in [-0.05, 0) is 58.3 Å². The van der Waals surface area contributed by atoms with Gasteiger partial charge < -0.3 is 5.32 Å². The van der Waals surface area contributed by atoms with E-state index in [1.807, 2.05) is 7.05 Å². The number of nitrogens with zero attached hydrogens (tertiary/aromatic N) is 2. The van der Waals surface area contributed by atoms with E-state index in [9.17, 15) is 4.39 Å². The molecular weight excluding hydrogens is 253 g/mol. The average Bonchev–Trinajstić information content (AvgIpc) is 2.72. The lowest BCUT2D eigenvalue weighted by molar-refractivity contribution is 0.139. The van der Waals surface area contributed by atoms with E-state index in [2.05, 4.69) is 36.0 Å². The third-order valence-electron chi connectivity index (χ3n) is 4.53. The second-order valence-electron chi connectivity index (χ2n) is 6.51. The summed E-state index contributed by atoms with van der Waals surface area (Å²) in [7, 11) is 1.95. The van der Waals surface area contributed by atoms with E-state index >= 15 is 0 Å². The Kier molecular flexibility index (Phi) is 4.76. The minimum atomic E-state index is -0.281.